The summed E-state index contributed by atoms with van der Waals surface area (Å²) >= 11 is 12.1. The predicted molar refractivity (Wildman–Crippen MR) is 102 cm³/mol. The molecule has 1 saturated heterocycles. The number of H-pyrrole nitrogens is 1. The Bertz CT molecular complexity index is 856. The maximum Gasteiger partial charge on any atom is 0.0595 e. The maximum atomic E-state index is 6.12. The van der Waals surface area contributed by atoms with Crippen molar-refractivity contribution in [3.05, 3.63) is 69.8 Å². The summed E-state index contributed by atoms with van der Waals surface area (Å²) in [5.74, 6) is 0.726. The largest absolute Gasteiger partial charge is 0.361 e. The van der Waals surface area contributed by atoms with Crippen molar-refractivity contribution in [3.8, 4) is 0 Å². The number of rotatable bonds is 4. The lowest BCUT2D eigenvalue weighted by atomic mass is 9.98. The second-order valence-electron chi connectivity index (χ2n) is 6.74. The second kappa shape index (κ2) is 6.79. The highest BCUT2D eigenvalue weighted by Crippen LogP contribution is 2.27. The first kappa shape index (κ1) is 16.0. The first-order valence-corrected chi connectivity index (χ1v) is 9.15. The van der Waals surface area contributed by atoms with Gasteiger partial charge >= 0.3 is 0 Å². The number of likely N-dealkylation sites (tertiary alicyclic amines) is 1. The van der Waals surface area contributed by atoms with Crippen LogP contribution in [0.15, 0.2) is 48.7 Å². The van der Waals surface area contributed by atoms with Crippen molar-refractivity contribution in [1.82, 2.24) is 9.88 Å². The van der Waals surface area contributed by atoms with Gasteiger partial charge in [-0.3, -0.25) is 4.90 Å². The van der Waals surface area contributed by atoms with Crippen LogP contribution in [-0.4, -0.2) is 23.0 Å². The second-order valence-corrected chi connectivity index (χ2v) is 7.56. The van der Waals surface area contributed by atoms with E-state index in [-0.39, 0.29) is 0 Å². The first-order valence-electron chi connectivity index (χ1n) is 8.40. The normalized spacial score (nSPS) is 18.5. The number of nitrogens with one attached hydrogen (secondary N) is 1. The van der Waals surface area contributed by atoms with Gasteiger partial charge in [-0.15, -0.1) is 0 Å². The van der Waals surface area contributed by atoms with Crippen LogP contribution in [0.25, 0.3) is 10.9 Å². The Morgan fingerprint density at radius 3 is 2.75 bits per heavy atom. The molecule has 4 heteroatoms. The van der Waals surface area contributed by atoms with Gasteiger partial charge in [-0.1, -0.05) is 35.3 Å². The fourth-order valence-corrected chi connectivity index (χ4v) is 4.00. The van der Waals surface area contributed by atoms with Gasteiger partial charge in [0.1, 0.15) is 0 Å². The summed E-state index contributed by atoms with van der Waals surface area (Å²) in [7, 11) is 0. The van der Waals surface area contributed by atoms with E-state index in [0.29, 0.717) is 10.0 Å². The van der Waals surface area contributed by atoms with Gasteiger partial charge in [0.05, 0.1) is 10.0 Å². The lowest BCUT2D eigenvalue weighted by Gasteiger charge is -2.16. The van der Waals surface area contributed by atoms with E-state index >= 15 is 0 Å². The fraction of sp³-hybridized carbons (Fsp3) is 0.300. The van der Waals surface area contributed by atoms with Crippen LogP contribution in [0.1, 0.15) is 17.5 Å². The minimum absolute atomic E-state index is 0.625. The molecule has 0 amide bonds. The predicted octanol–water partition coefficient (Wildman–Crippen LogP) is 5.54. The van der Waals surface area contributed by atoms with Gasteiger partial charge in [0, 0.05) is 24.8 Å². The van der Waals surface area contributed by atoms with Gasteiger partial charge in [0.15, 0.2) is 0 Å². The third-order valence-corrected chi connectivity index (χ3v) is 5.64. The van der Waals surface area contributed by atoms with E-state index in [0.717, 1.165) is 32.0 Å². The van der Waals surface area contributed by atoms with Gasteiger partial charge in [-0.2, -0.15) is 0 Å². The zero-order valence-electron chi connectivity index (χ0n) is 13.4. The van der Waals surface area contributed by atoms with Crippen LogP contribution in [-0.2, 0) is 13.0 Å². The standard InChI is InChI=1S/C20H20Cl2N2/c21-18-3-1-15(11-19(18)22)12-24-8-6-16(13-24)9-14-2-4-20-17(10-14)5-7-23-20/h1-5,7,10-11,16,23H,6,8-9,12-13H2/t16-/m0/s1. The molecule has 0 saturated carbocycles. The van der Waals surface area contributed by atoms with Crippen molar-refractivity contribution < 1.29 is 0 Å². The van der Waals surface area contributed by atoms with Crippen molar-refractivity contribution in [2.24, 2.45) is 5.92 Å². The lowest BCUT2D eigenvalue weighted by molar-refractivity contribution is 0.316. The number of halogens is 2. The van der Waals surface area contributed by atoms with E-state index in [1.807, 2.05) is 18.3 Å². The van der Waals surface area contributed by atoms with E-state index in [1.54, 1.807) is 0 Å². The van der Waals surface area contributed by atoms with Crippen LogP contribution in [0.2, 0.25) is 10.0 Å². The molecule has 0 aliphatic carbocycles. The number of hydrogen-bond acceptors (Lipinski definition) is 1. The summed E-state index contributed by atoms with van der Waals surface area (Å²) in [4.78, 5) is 5.77. The molecular formula is C20H20Cl2N2. The monoisotopic (exact) mass is 358 g/mol. The van der Waals surface area contributed by atoms with Gasteiger partial charge in [0.2, 0.25) is 0 Å². The topological polar surface area (TPSA) is 19.0 Å². The van der Waals surface area contributed by atoms with E-state index in [1.165, 1.54) is 28.5 Å². The smallest absolute Gasteiger partial charge is 0.0595 e. The van der Waals surface area contributed by atoms with Gasteiger partial charge in [-0.05, 0) is 72.1 Å². The molecule has 2 aromatic carbocycles. The Hall–Kier alpha value is -1.48. The molecule has 0 bridgehead atoms. The van der Waals surface area contributed by atoms with E-state index in [9.17, 15) is 0 Å². The van der Waals surface area contributed by atoms with Crippen LogP contribution in [0.5, 0.6) is 0 Å². The Morgan fingerprint density at radius 1 is 1.00 bits per heavy atom. The Labute approximate surface area is 152 Å². The zero-order chi connectivity index (χ0) is 16.5. The summed E-state index contributed by atoms with van der Waals surface area (Å²) in [5.41, 5.74) is 3.88. The van der Waals surface area contributed by atoms with Crippen LogP contribution in [0, 0.1) is 5.92 Å². The highest BCUT2D eigenvalue weighted by molar-refractivity contribution is 6.42. The minimum atomic E-state index is 0.625. The van der Waals surface area contributed by atoms with E-state index in [4.69, 9.17) is 23.2 Å². The van der Waals surface area contributed by atoms with Crippen molar-refractivity contribution in [3.63, 3.8) is 0 Å². The third kappa shape index (κ3) is 3.46. The van der Waals surface area contributed by atoms with E-state index in [2.05, 4.69) is 40.2 Å². The number of hydrogen-bond donors (Lipinski definition) is 1. The maximum absolute atomic E-state index is 6.12. The molecule has 1 N–H and O–H groups in total. The Balaban J connectivity index is 1.38. The zero-order valence-corrected chi connectivity index (χ0v) is 14.9. The molecule has 1 atom stereocenters. The molecular weight excluding hydrogens is 339 g/mol. The number of fused-ring (bicyclic) bond motifs is 1. The van der Waals surface area contributed by atoms with Crippen LogP contribution in [0.4, 0.5) is 0 Å². The van der Waals surface area contributed by atoms with Crippen molar-refractivity contribution in [2.45, 2.75) is 19.4 Å². The lowest BCUT2D eigenvalue weighted by Crippen LogP contribution is -2.20. The third-order valence-electron chi connectivity index (χ3n) is 4.90. The number of aromatic nitrogens is 1. The highest BCUT2D eigenvalue weighted by Gasteiger charge is 2.22. The number of aromatic amines is 1. The molecule has 124 valence electrons. The van der Waals surface area contributed by atoms with Gasteiger partial charge in [0.25, 0.3) is 0 Å². The van der Waals surface area contributed by atoms with Gasteiger partial charge < -0.3 is 4.98 Å². The van der Waals surface area contributed by atoms with E-state index < -0.39 is 0 Å². The molecule has 0 unspecified atom stereocenters. The molecule has 2 nitrogen and oxygen atoms in total. The molecule has 4 rings (SSSR count). The average molecular weight is 359 g/mol. The summed E-state index contributed by atoms with van der Waals surface area (Å²) in [6.45, 7) is 3.24. The molecule has 0 spiro atoms. The van der Waals surface area contributed by atoms with Gasteiger partial charge in [-0.25, -0.2) is 0 Å². The minimum Gasteiger partial charge on any atom is -0.361 e. The quantitative estimate of drug-likeness (QED) is 0.648. The number of benzene rings is 2. The average Bonchev–Trinajstić information content (AvgIpc) is 3.20. The number of nitrogens with zero attached hydrogens (tertiary/aromatic N) is 1. The summed E-state index contributed by atoms with van der Waals surface area (Å²) in [6.07, 6.45) is 4.41. The molecule has 1 aliphatic heterocycles. The molecule has 1 aromatic heterocycles. The van der Waals surface area contributed by atoms with Crippen LogP contribution < -0.4 is 0 Å². The SMILES string of the molecule is Clc1ccc(CN2CC[C@@H](Cc3ccc4[nH]ccc4c3)C2)cc1Cl. The molecule has 24 heavy (non-hydrogen) atoms. The summed E-state index contributed by atoms with van der Waals surface area (Å²) in [6, 6.07) is 14.8. The van der Waals surface area contributed by atoms with Crippen molar-refractivity contribution >= 4 is 34.1 Å². The van der Waals surface area contributed by atoms with Crippen molar-refractivity contribution in [1.29, 1.82) is 0 Å². The molecule has 1 fully saturated rings. The van der Waals surface area contributed by atoms with Crippen LogP contribution >= 0.6 is 23.2 Å². The fourth-order valence-electron chi connectivity index (χ4n) is 3.68. The Morgan fingerprint density at radius 2 is 1.88 bits per heavy atom. The van der Waals surface area contributed by atoms with Crippen LogP contribution in [0.3, 0.4) is 0 Å². The molecule has 2 heterocycles. The summed E-state index contributed by atoms with van der Waals surface area (Å²) < 4.78 is 0. The molecule has 1 aliphatic rings. The summed E-state index contributed by atoms with van der Waals surface area (Å²) in [5, 5.41) is 2.57. The highest BCUT2D eigenvalue weighted by atomic mass is 35.5. The Kier molecular flexibility index (Phi) is 4.53. The molecule has 3 aromatic rings. The first-order chi connectivity index (χ1) is 11.7. The van der Waals surface area contributed by atoms with Crippen molar-refractivity contribution in [2.75, 3.05) is 13.1 Å². The molecule has 0 radical (unpaired) electrons.